The monoisotopic (exact) mass is 371 g/mol. The van der Waals surface area contributed by atoms with E-state index in [1.165, 1.54) is 38.5 Å². The Bertz CT molecular complexity index is 813. The molecule has 0 aliphatic rings. The number of benzene rings is 2. The Hall–Kier alpha value is -2.45. The van der Waals surface area contributed by atoms with Crippen LogP contribution in [0.15, 0.2) is 47.4 Å². The van der Waals surface area contributed by atoms with Crippen molar-refractivity contribution in [3.8, 4) is 17.2 Å². The maximum Gasteiger partial charge on any atom is 0.426 e. The Labute approximate surface area is 144 Å². The van der Waals surface area contributed by atoms with E-state index in [0.717, 1.165) is 0 Å². The molecule has 128 valence electrons. The molecule has 0 aliphatic heterocycles. The van der Waals surface area contributed by atoms with Crippen LogP contribution in [-0.2, 0) is 10.0 Å². The molecule has 0 atom stereocenters. The summed E-state index contributed by atoms with van der Waals surface area (Å²) >= 11 is 5.71. The van der Waals surface area contributed by atoms with E-state index in [0.29, 0.717) is 5.02 Å². The standard InChI is InChI=1S/C15H14ClNO6S/c1-21-12-4-3-5-13(22-2)14(12)23-15(18)17-24(19,20)11-8-6-10(16)7-9-11/h3-9H,1-2H3,(H,17,18). The lowest BCUT2D eigenvalue weighted by Gasteiger charge is -2.13. The summed E-state index contributed by atoms with van der Waals surface area (Å²) in [6.07, 6.45) is -1.20. The van der Waals surface area contributed by atoms with Gasteiger partial charge < -0.3 is 14.2 Å². The van der Waals surface area contributed by atoms with Gasteiger partial charge in [0.1, 0.15) is 0 Å². The first-order valence-corrected chi connectivity index (χ1v) is 8.44. The Morgan fingerprint density at radius 2 is 1.54 bits per heavy atom. The topological polar surface area (TPSA) is 90.9 Å². The molecule has 0 aliphatic carbocycles. The summed E-state index contributed by atoms with van der Waals surface area (Å²) in [4.78, 5) is 11.8. The number of rotatable bonds is 5. The van der Waals surface area contributed by atoms with Crippen molar-refractivity contribution < 1.29 is 27.4 Å². The van der Waals surface area contributed by atoms with Gasteiger partial charge in [-0.1, -0.05) is 17.7 Å². The third kappa shape index (κ3) is 4.09. The van der Waals surface area contributed by atoms with Crippen molar-refractivity contribution in [2.45, 2.75) is 4.90 Å². The number of carbonyl (C=O) groups is 1. The number of methoxy groups -OCH3 is 2. The van der Waals surface area contributed by atoms with Crippen LogP contribution in [0.25, 0.3) is 0 Å². The van der Waals surface area contributed by atoms with Crippen molar-refractivity contribution in [3.05, 3.63) is 47.5 Å². The first kappa shape index (κ1) is 17.9. The van der Waals surface area contributed by atoms with Crippen molar-refractivity contribution >= 4 is 27.7 Å². The van der Waals surface area contributed by atoms with Crippen molar-refractivity contribution in [1.82, 2.24) is 4.72 Å². The number of ether oxygens (including phenoxy) is 3. The lowest BCUT2D eigenvalue weighted by Crippen LogP contribution is -2.33. The second-order valence-electron chi connectivity index (χ2n) is 4.44. The zero-order valence-corrected chi connectivity index (χ0v) is 14.3. The van der Waals surface area contributed by atoms with Gasteiger partial charge in [-0.2, -0.15) is 0 Å². The number of halogens is 1. The van der Waals surface area contributed by atoms with E-state index >= 15 is 0 Å². The van der Waals surface area contributed by atoms with Crippen LogP contribution >= 0.6 is 11.6 Å². The minimum absolute atomic E-state index is 0.0358. The summed E-state index contributed by atoms with van der Waals surface area (Å²) in [5.41, 5.74) is 0. The summed E-state index contributed by atoms with van der Waals surface area (Å²) < 4.78 is 41.2. The van der Waals surface area contributed by atoms with Crippen molar-refractivity contribution in [3.63, 3.8) is 0 Å². The first-order chi connectivity index (χ1) is 11.4. The highest BCUT2D eigenvalue weighted by Crippen LogP contribution is 2.36. The number of para-hydroxylation sites is 1. The fourth-order valence-electron chi connectivity index (χ4n) is 1.81. The largest absolute Gasteiger partial charge is 0.493 e. The Balaban J connectivity index is 2.21. The average Bonchev–Trinajstić information content (AvgIpc) is 2.54. The predicted molar refractivity (Wildman–Crippen MR) is 87.3 cm³/mol. The molecule has 0 heterocycles. The van der Waals surface area contributed by atoms with E-state index in [1.807, 2.05) is 0 Å². The number of hydrogen-bond acceptors (Lipinski definition) is 6. The van der Waals surface area contributed by atoms with Gasteiger partial charge >= 0.3 is 6.09 Å². The minimum Gasteiger partial charge on any atom is -0.493 e. The van der Waals surface area contributed by atoms with Crippen molar-refractivity contribution in [1.29, 1.82) is 0 Å². The normalized spacial score (nSPS) is 10.8. The van der Waals surface area contributed by atoms with Gasteiger partial charge in [0, 0.05) is 5.02 Å². The van der Waals surface area contributed by atoms with Crippen LogP contribution < -0.4 is 18.9 Å². The van der Waals surface area contributed by atoms with E-state index in [9.17, 15) is 13.2 Å². The smallest absolute Gasteiger partial charge is 0.426 e. The summed E-state index contributed by atoms with van der Waals surface area (Å²) in [5, 5.41) is 0.371. The van der Waals surface area contributed by atoms with Crippen molar-refractivity contribution in [2.75, 3.05) is 14.2 Å². The third-order valence-electron chi connectivity index (χ3n) is 2.92. The highest BCUT2D eigenvalue weighted by Gasteiger charge is 2.22. The zero-order valence-electron chi connectivity index (χ0n) is 12.8. The van der Waals surface area contributed by atoms with Gasteiger partial charge in [0.25, 0.3) is 10.0 Å². The number of nitrogens with one attached hydrogen (secondary N) is 1. The summed E-state index contributed by atoms with van der Waals surface area (Å²) in [6.45, 7) is 0. The number of hydrogen-bond donors (Lipinski definition) is 1. The van der Waals surface area contributed by atoms with E-state index in [4.69, 9.17) is 25.8 Å². The SMILES string of the molecule is COc1cccc(OC)c1OC(=O)NS(=O)(=O)c1ccc(Cl)cc1. The van der Waals surface area contributed by atoms with E-state index in [2.05, 4.69) is 0 Å². The molecule has 1 N–H and O–H groups in total. The highest BCUT2D eigenvalue weighted by atomic mass is 35.5. The quantitative estimate of drug-likeness (QED) is 0.869. The van der Waals surface area contributed by atoms with Gasteiger partial charge in [-0.3, -0.25) is 0 Å². The van der Waals surface area contributed by atoms with E-state index in [1.54, 1.807) is 22.9 Å². The molecular formula is C15H14ClNO6S. The number of carbonyl (C=O) groups excluding carboxylic acids is 1. The third-order valence-corrected chi connectivity index (χ3v) is 4.50. The molecule has 0 aromatic heterocycles. The predicted octanol–water partition coefficient (Wildman–Crippen LogP) is 2.83. The second-order valence-corrected chi connectivity index (χ2v) is 6.56. The Kier molecular flexibility index (Phi) is 5.53. The molecule has 0 bridgehead atoms. The van der Waals surface area contributed by atoms with Gasteiger partial charge in [-0.05, 0) is 36.4 Å². The fourth-order valence-corrected chi connectivity index (χ4v) is 2.81. The molecular weight excluding hydrogens is 358 g/mol. The zero-order chi connectivity index (χ0) is 17.7. The van der Waals surface area contributed by atoms with Gasteiger partial charge in [-0.25, -0.2) is 17.9 Å². The van der Waals surface area contributed by atoms with Crippen molar-refractivity contribution in [2.24, 2.45) is 0 Å². The summed E-state index contributed by atoms with van der Waals surface area (Å²) in [5.74, 6) is 0.396. The van der Waals surface area contributed by atoms with Crippen LogP contribution in [-0.4, -0.2) is 28.7 Å². The van der Waals surface area contributed by atoms with Gasteiger partial charge in [-0.15, -0.1) is 0 Å². The van der Waals surface area contributed by atoms with Crippen LogP contribution in [0.3, 0.4) is 0 Å². The van der Waals surface area contributed by atoms with Crippen LogP contribution in [0, 0.1) is 0 Å². The molecule has 0 saturated heterocycles. The fraction of sp³-hybridized carbons (Fsp3) is 0.133. The molecule has 2 aromatic carbocycles. The van der Waals surface area contributed by atoms with Crippen LogP contribution in [0.1, 0.15) is 0 Å². The van der Waals surface area contributed by atoms with Gasteiger partial charge in [0.2, 0.25) is 5.75 Å². The molecule has 2 rings (SSSR count). The molecule has 24 heavy (non-hydrogen) atoms. The summed E-state index contributed by atoms with van der Waals surface area (Å²) in [6, 6.07) is 10.0. The van der Waals surface area contributed by atoms with Gasteiger partial charge in [0.05, 0.1) is 19.1 Å². The minimum atomic E-state index is -4.10. The molecule has 0 unspecified atom stereocenters. The van der Waals surface area contributed by atoms with E-state index < -0.39 is 16.1 Å². The van der Waals surface area contributed by atoms with Crippen LogP contribution in [0.5, 0.6) is 17.2 Å². The maximum atomic E-state index is 12.1. The molecule has 0 spiro atoms. The molecule has 0 radical (unpaired) electrons. The van der Waals surface area contributed by atoms with Gasteiger partial charge in [0.15, 0.2) is 11.5 Å². The second kappa shape index (κ2) is 7.41. The molecule has 1 amide bonds. The maximum absolute atomic E-state index is 12.1. The molecule has 0 saturated carbocycles. The molecule has 9 heteroatoms. The Morgan fingerprint density at radius 1 is 1.00 bits per heavy atom. The number of amides is 1. The molecule has 7 nitrogen and oxygen atoms in total. The van der Waals surface area contributed by atoms with Crippen LogP contribution in [0.4, 0.5) is 4.79 Å². The Morgan fingerprint density at radius 3 is 2.04 bits per heavy atom. The lowest BCUT2D eigenvalue weighted by atomic mass is 10.3. The highest BCUT2D eigenvalue weighted by molar-refractivity contribution is 7.90. The van der Waals surface area contributed by atoms with Crippen LogP contribution in [0.2, 0.25) is 5.02 Å². The average molecular weight is 372 g/mol. The molecule has 0 fully saturated rings. The number of sulfonamides is 1. The molecule has 2 aromatic rings. The lowest BCUT2D eigenvalue weighted by molar-refractivity contribution is 0.202. The summed E-state index contributed by atoms with van der Waals surface area (Å²) in [7, 11) is -1.34. The first-order valence-electron chi connectivity index (χ1n) is 6.58. The van der Waals surface area contributed by atoms with E-state index in [-0.39, 0.29) is 22.1 Å².